The van der Waals surface area contributed by atoms with Gasteiger partial charge in [0.1, 0.15) is 5.82 Å². The molecule has 0 heterocycles. The number of halogens is 1. The van der Waals surface area contributed by atoms with Gasteiger partial charge in [-0.05, 0) is 48.7 Å². The molecule has 0 aliphatic carbocycles. The Kier molecular flexibility index (Phi) is 8.98. The van der Waals surface area contributed by atoms with E-state index in [4.69, 9.17) is 0 Å². The molecule has 5 nitrogen and oxygen atoms in total. The minimum absolute atomic E-state index is 0.0437. The van der Waals surface area contributed by atoms with Crippen LogP contribution in [0.4, 0.5) is 4.39 Å². The van der Waals surface area contributed by atoms with E-state index in [0.717, 1.165) is 30.5 Å². The summed E-state index contributed by atoms with van der Waals surface area (Å²) in [6.45, 7) is 6.59. The highest BCUT2D eigenvalue weighted by Crippen LogP contribution is 2.06. The highest BCUT2D eigenvalue weighted by atomic mass is 19.1. The van der Waals surface area contributed by atoms with Crippen molar-refractivity contribution < 1.29 is 9.18 Å². The monoisotopic (exact) mass is 384 g/mol. The van der Waals surface area contributed by atoms with E-state index >= 15 is 0 Å². The number of guanidine groups is 1. The largest absolute Gasteiger partial charge is 0.357 e. The van der Waals surface area contributed by atoms with Gasteiger partial charge in [0.25, 0.3) is 5.91 Å². The number of hydrogen-bond acceptors (Lipinski definition) is 2. The average molecular weight is 384 g/mol. The highest BCUT2D eigenvalue weighted by Gasteiger charge is 2.04. The van der Waals surface area contributed by atoms with Crippen molar-refractivity contribution in [3.05, 3.63) is 71.0 Å². The Bertz CT molecular complexity index is 757. The first kappa shape index (κ1) is 21.4. The summed E-state index contributed by atoms with van der Waals surface area (Å²) in [4.78, 5) is 16.6. The molecule has 2 aromatic rings. The van der Waals surface area contributed by atoms with Gasteiger partial charge in [-0.2, -0.15) is 0 Å². The van der Waals surface area contributed by atoms with Gasteiger partial charge in [0.15, 0.2) is 5.96 Å². The number of hydrogen-bond donors (Lipinski definition) is 3. The normalized spacial score (nSPS) is 11.2. The summed E-state index contributed by atoms with van der Waals surface area (Å²) in [5.41, 5.74) is 2.65. The minimum atomic E-state index is -0.244. The Balaban J connectivity index is 1.90. The molecule has 3 N–H and O–H groups in total. The van der Waals surface area contributed by atoms with Crippen LogP contribution in [-0.2, 0) is 13.1 Å². The van der Waals surface area contributed by atoms with Gasteiger partial charge in [0.05, 0.1) is 6.54 Å². The maximum Gasteiger partial charge on any atom is 0.251 e. The van der Waals surface area contributed by atoms with E-state index in [1.165, 1.54) is 12.1 Å². The summed E-state index contributed by atoms with van der Waals surface area (Å²) in [5, 5.41) is 9.34. The Morgan fingerprint density at radius 3 is 2.25 bits per heavy atom. The van der Waals surface area contributed by atoms with Crippen LogP contribution in [0.15, 0.2) is 53.5 Å². The average Bonchev–Trinajstić information content (AvgIpc) is 2.72. The molecule has 28 heavy (non-hydrogen) atoms. The standard InChI is InChI=1S/C22H29FN4O/c1-3-5-14-25-21(28)19-10-6-17(7-11-19)15-26-22(24-4-2)27-16-18-8-12-20(23)13-9-18/h6-13H,3-5,14-16H2,1-2H3,(H,25,28)(H2,24,26,27). The van der Waals surface area contributed by atoms with E-state index < -0.39 is 0 Å². The molecule has 0 unspecified atom stereocenters. The van der Waals surface area contributed by atoms with Crippen LogP contribution in [0.25, 0.3) is 0 Å². The first-order valence-corrected chi connectivity index (χ1v) is 9.76. The fourth-order valence-corrected chi connectivity index (χ4v) is 2.54. The summed E-state index contributed by atoms with van der Waals surface area (Å²) in [6.07, 6.45) is 2.04. The van der Waals surface area contributed by atoms with Gasteiger partial charge in [0, 0.05) is 25.2 Å². The molecule has 0 radical (unpaired) electrons. The molecule has 0 saturated heterocycles. The van der Waals surface area contributed by atoms with Crippen molar-refractivity contribution in [3.8, 4) is 0 Å². The molecule has 0 spiro atoms. The lowest BCUT2D eigenvalue weighted by atomic mass is 10.1. The molecular formula is C22H29FN4O. The third-order valence-corrected chi connectivity index (χ3v) is 4.17. The van der Waals surface area contributed by atoms with Gasteiger partial charge in [-0.1, -0.05) is 37.6 Å². The zero-order valence-electron chi connectivity index (χ0n) is 16.6. The SMILES string of the molecule is CCCCNC(=O)c1ccc(CN=C(NCC)NCc2ccc(F)cc2)cc1. The lowest BCUT2D eigenvalue weighted by Gasteiger charge is -2.11. The van der Waals surface area contributed by atoms with Gasteiger partial charge in [-0.15, -0.1) is 0 Å². The smallest absolute Gasteiger partial charge is 0.251 e. The summed E-state index contributed by atoms with van der Waals surface area (Å²) in [5.74, 6) is 0.401. The number of amides is 1. The summed E-state index contributed by atoms with van der Waals surface area (Å²) >= 11 is 0. The fraction of sp³-hybridized carbons (Fsp3) is 0.364. The van der Waals surface area contributed by atoms with Crippen LogP contribution >= 0.6 is 0 Å². The Morgan fingerprint density at radius 2 is 1.61 bits per heavy atom. The van der Waals surface area contributed by atoms with E-state index in [1.54, 1.807) is 12.1 Å². The third-order valence-electron chi connectivity index (χ3n) is 4.17. The summed E-state index contributed by atoms with van der Waals surface area (Å²) in [7, 11) is 0. The zero-order valence-corrected chi connectivity index (χ0v) is 16.6. The quantitative estimate of drug-likeness (QED) is 0.352. The second kappa shape index (κ2) is 11.7. The molecule has 1 amide bonds. The summed E-state index contributed by atoms with van der Waals surface area (Å²) < 4.78 is 13.0. The lowest BCUT2D eigenvalue weighted by Crippen LogP contribution is -2.36. The maximum absolute atomic E-state index is 13.0. The van der Waals surface area contributed by atoms with Gasteiger partial charge < -0.3 is 16.0 Å². The van der Waals surface area contributed by atoms with Gasteiger partial charge in [-0.25, -0.2) is 9.38 Å². The van der Waals surface area contributed by atoms with Gasteiger partial charge in [-0.3, -0.25) is 4.79 Å². The van der Waals surface area contributed by atoms with Crippen LogP contribution in [-0.4, -0.2) is 25.0 Å². The number of unbranched alkanes of at least 4 members (excludes halogenated alkanes) is 1. The van der Waals surface area contributed by atoms with Crippen molar-refractivity contribution in [2.45, 2.75) is 39.8 Å². The minimum Gasteiger partial charge on any atom is -0.357 e. The van der Waals surface area contributed by atoms with Crippen molar-refractivity contribution in [2.24, 2.45) is 4.99 Å². The van der Waals surface area contributed by atoms with Crippen LogP contribution in [0.1, 0.15) is 48.2 Å². The Morgan fingerprint density at radius 1 is 0.929 bits per heavy atom. The number of benzene rings is 2. The number of nitrogens with one attached hydrogen (secondary N) is 3. The molecule has 0 aliphatic heterocycles. The van der Waals surface area contributed by atoms with Crippen molar-refractivity contribution in [2.75, 3.05) is 13.1 Å². The van der Waals surface area contributed by atoms with E-state index in [1.807, 2.05) is 31.2 Å². The molecule has 0 atom stereocenters. The second-order valence-electron chi connectivity index (χ2n) is 6.48. The number of rotatable bonds is 9. The predicted octanol–water partition coefficient (Wildman–Crippen LogP) is 3.61. The second-order valence-corrected chi connectivity index (χ2v) is 6.48. The van der Waals surface area contributed by atoms with E-state index in [9.17, 15) is 9.18 Å². The van der Waals surface area contributed by atoms with Gasteiger partial charge >= 0.3 is 0 Å². The van der Waals surface area contributed by atoms with Crippen molar-refractivity contribution in [1.29, 1.82) is 0 Å². The number of aliphatic imine (C=N–C) groups is 1. The number of carbonyl (C=O) groups excluding carboxylic acids is 1. The van der Waals surface area contributed by atoms with Crippen molar-refractivity contribution in [3.63, 3.8) is 0 Å². The predicted molar refractivity (Wildman–Crippen MR) is 112 cm³/mol. The molecular weight excluding hydrogens is 355 g/mol. The van der Waals surface area contributed by atoms with Crippen LogP contribution in [0.5, 0.6) is 0 Å². The number of carbonyl (C=O) groups is 1. The van der Waals surface area contributed by atoms with Gasteiger partial charge in [0.2, 0.25) is 0 Å². The Hall–Kier alpha value is -2.89. The molecule has 0 saturated carbocycles. The lowest BCUT2D eigenvalue weighted by molar-refractivity contribution is 0.0953. The van der Waals surface area contributed by atoms with E-state index in [2.05, 4.69) is 27.9 Å². The fourth-order valence-electron chi connectivity index (χ4n) is 2.54. The van der Waals surface area contributed by atoms with E-state index in [-0.39, 0.29) is 11.7 Å². The first-order chi connectivity index (χ1) is 13.6. The van der Waals surface area contributed by atoms with Crippen LogP contribution in [0.2, 0.25) is 0 Å². The van der Waals surface area contributed by atoms with Crippen LogP contribution in [0, 0.1) is 5.82 Å². The van der Waals surface area contributed by atoms with Crippen LogP contribution in [0.3, 0.4) is 0 Å². The molecule has 6 heteroatoms. The number of nitrogens with zero attached hydrogens (tertiary/aromatic N) is 1. The molecule has 2 rings (SSSR count). The Labute approximate surface area is 166 Å². The highest BCUT2D eigenvalue weighted by molar-refractivity contribution is 5.94. The zero-order chi connectivity index (χ0) is 20.2. The topological polar surface area (TPSA) is 65.5 Å². The molecule has 0 aromatic heterocycles. The molecule has 0 aliphatic rings. The first-order valence-electron chi connectivity index (χ1n) is 9.76. The summed E-state index contributed by atoms with van der Waals surface area (Å²) in [6, 6.07) is 13.9. The molecule has 150 valence electrons. The molecule has 0 fully saturated rings. The molecule has 0 bridgehead atoms. The molecule has 2 aromatic carbocycles. The maximum atomic E-state index is 13.0. The van der Waals surface area contributed by atoms with Crippen molar-refractivity contribution >= 4 is 11.9 Å². The van der Waals surface area contributed by atoms with Crippen molar-refractivity contribution in [1.82, 2.24) is 16.0 Å². The third kappa shape index (κ3) is 7.39. The van der Waals surface area contributed by atoms with E-state index in [0.29, 0.717) is 31.2 Å². The van der Waals surface area contributed by atoms with Crippen LogP contribution < -0.4 is 16.0 Å².